The molecule has 1 aromatic rings. The smallest absolute Gasteiger partial charge is 0.405 e. The fourth-order valence-corrected chi connectivity index (χ4v) is 1.48. The number of hydrogen-bond donors (Lipinski definition) is 0. The highest BCUT2D eigenvalue weighted by Crippen LogP contribution is 2.29. The van der Waals surface area contributed by atoms with Crippen molar-refractivity contribution in [1.29, 1.82) is 0 Å². The number of carbonyl (C=O) groups excluding carboxylic acids is 1. The van der Waals surface area contributed by atoms with Gasteiger partial charge in [-0.25, -0.2) is 0 Å². The van der Waals surface area contributed by atoms with Crippen LogP contribution in [-0.4, -0.2) is 12.1 Å². The van der Waals surface area contributed by atoms with Gasteiger partial charge in [-0.05, 0) is 25.0 Å². The third-order valence-electron chi connectivity index (χ3n) is 2.07. The van der Waals surface area contributed by atoms with Crippen molar-refractivity contribution in [1.82, 2.24) is 0 Å². The third-order valence-corrected chi connectivity index (χ3v) is 2.07. The molecule has 0 bridgehead atoms. The molecule has 2 nitrogen and oxygen atoms in total. The number of rotatable bonds is 3. The molecule has 0 unspecified atom stereocenters. The van der Waals surface area contributed by atoms with Crippen molar-refractivity contribution in [2.24, 2.45) is 0 Å². The van der Waals surface area contributed by atoms with E-state index in [1.807, 2.05) is 0 Å². The Morgan fingerprint density at radius 2 is 2.00 bits per heavy atom. The Balaban J connectivity index is 3.22. The molecule has 5 heteroatoms. The molecular weight excluding hydrogens is 221 g/mol. The van der Waals surface area contributed by atoms with Gasteiger partial charge in [0.25, 0.3) is 0 Å². The molecule has 0 aromatic heterocycles. The molecule has 0 radical (unpaired) electrons. The van der Waals surface area contributed by atoms with Crippen molar-refractivity contribution < 1.29 is 22.7 Å². The molecular formula is C11H11F3O2. The summed E-state index contributed by atoms with van der Waals surface area (Å²) in [5.41, 5.74) is 0.552. The van der Waals surface area contributed by atoms with Crippen LogP contribution in [0.2, 0.25) is 0 Å². The normalized spacial score (nSPS) is 11.3. The standard InChI is InChI=1S/C11H11F3O2/c1-3-8-5-4-6-9(10(8)7(2)15)16-11(12,13)14/h4-6H,3H2,1-2H3. The highest BCUT2D eigenvalue weighted by molar-refractivity contribution is 5.98. The number of ether oxygens (including phenoxy) is 1. The van der Waals surface area contributed by atoms with Crippen LogP contribution in [0.3, 0.4) is 0 Å². The average Bonchev–Trinajstić information content (AvgIpc) is 2.14. The fraction of sp³-hybridized carbons (Fsp3) is 0.364. The molecule has 0 fully saturated rings. The van der Waals surface area contributed by atoms with Crippen LogP contribution in [0.25, 0.3) is 0 Å². The molecule has 16 heavy (non-hydrogen) atoms. The molecule has 0 saturated heterocycles. The Morgan fingerprint density at radius 1 is 1.38 bits per heavy atom. The Morgan fingerprint density at radius 3 is 2.44 bits per heavy atom. The van der Waals surface area contributed by atoms with Gasteiger partial charge >= 0.3 is 6.36 Å². The van der Waals surface area contributed by atoms with Crippen LogP contribution in [0.1, 0.15) is 29.8 Å². The highest BCUT2D eigenvalue weighted by Gasteiger charge is 2.32. The number of carbonyl (C=O) groups is 1. The summed E-state index contributed by atoms with van der Waals surface area (Å²) >= 11 is 0. The molecule has 0 saturated carbocycles. The summed E-state index contributed by atoms with van der Waals surface area (Å²) in [5, 5.41) is 0. The van der Waals surface area contributed by atoms with Gasteiger partial charge in [0.15, 0.2) is 5.78 Å². The summed E-state index contributed by atoms with van der Waals surface area (Å²) in [6, 6.07) is 4.19. The van der Waals surface area contributed by atoms with E-state index >= 15 is 0 Å². The van der Waals surface area contributed by atoms with Crippen LogP contribution in [-0.2, 0) is 6.42 Å². The van der Waals surface area contributed by atoms with Gasteiger partial charge in [-0.15, -0.1) is 13.2 Å². The summed E-state index contributed by atoms with van der Waals surface area (Å²) in [5.74, 6) is -0.865. The van der Waals surface area contributed by atoms with E-state index in [-0.39, 0.29) is 5.56 Å². The summed E-state index contributed by atoms with van der Waals surface area (Å²) < 4.78 is 40.1. The first-order valence-corrected chi connectivity index (χ1v) is 4.73. The molecule has 1 rings (SSSR count). The van der Waals surface area contributed by atoms with Crippen LogP contribution < -0.4 is 4.74 Å². The quantitative estimate of drug-likeness (QED) is 0.747. The molecule has 0 aliphatic carbocycles. The van der Waals surface area contributed by atoms with E-state index in [0.717, 1.165) is 6.07 Å². The maximum atomic E-state index is 12.1. The third kappa shape index (κ3) is 2.98. The SMILES string of the molecule is CCc1cccc(OC(F)(F)F)c1C(C)=O. The van der Waals surface area contributed by atoms with Gasteiger partial charge in [-0.2, -0.15) is 0 Å². The number of alkyl halides is 3. The predicted molar refractivity (Wildman–Crippen MR) is 52.5 cm³/mol. The molecule has 0 amide bonds. The zero-order valence-corrected chi connectivity index (χ0v) is 8.89. The monoisotopic (exact) mass is 232 g/mol. The van der Waals surface area contributed by atoms with Crippen molar-refractivity contribution in [2.75, 3.05) is 0 Å². The minimum Gasteiger partial charge on any atom is -0.405 e. The minimum absolute atomic E-state index is 0.00215. The lowest BCUT2D eigenvalue weighted by atomic mass is 10.0. The summed E-state index contributed by atoms with van der Waals surface area (Å²) in [6.07, 6.45) is -4.31. The van der Waals surface area contributed by atoms with Crippen LogP contribution in [0.4, 0.5) is 13.2 Å². The van der Waals surface area contributed by atoms with E-state index in [2.05, 4.69) is 4.74 Å². The second-order valence-corrected chi connectivity index (χ2v) is 3.25. The fourth-order valence-electron chi connectivity index (χ4n) is 1.48. The summed E-state index contributed by atoms with van der Waals surface area (Å²) in [7, 11) is 0. The Labute approximate surface area is 91.0 Å². The molecule has 0 aliphatic heterocycles. The van der Waals surface area contributed by atoms with Crippen molar-refractivity contribution >= 4 is 5.78 Å². The van der Waals surface area contributed by atoms with Crippen LogP contribution in [0.5, 0.6) is 5.75 Å². The molecule has 0 atom stereocenters. The summed E-state index contributed by atoms with van der Waals surface area (Å²) in [4.78, 5) is 11.3. The van der Waals surface area contributed by atoms with E-state index in [1.54, 1.807) is 13.0 Å². The van der Waals surface area contributed by atoms with Crippen molar-refractivity contribution in [3.63, 3.8) is 0 Å². The van der Waals surface area contributed by atoms with E-state index in [9.17, 15) is 18.0 Å². The highest BCUT2D eigenvalue weighted by atomic mass is 19.4. The zero-order valence-electron chi connectivity index (χ0n) is 8.89. The lowest BCUT2D eigenvalue weighted by Crippen LogP contribution is -2.19. The van der Waals surface area contributed by atoms with Crippen molar-refractivity contribution in [3.05, 3.63) is 29.3 Å². The van der Waals surface area contributed by atoms with E-state index in [0.29, 0.717) is 12.0 Å². The molecule has 0 N–H and O–H groups in total. The Hall–Kier alpha value is -1.52. The van der Waals surface area contributed by atoms with Crippen LogP contribution >= 0.6 is 0 Å². The Bertz CT molecular complexity index is 397. The number of ketones is 1. The van der Waals surface area contributed by atoms with Gasteiger partial charge in [0.1, 0.15) is 5.75 Å². The van der Waals surface area contributed by atoms with Gasteiger partial charge in [-0.1, -0.05) is 19.1 Å². The summed E-state index contributed by atoms with van der Waals surface area (Å²) in [6.45, 7) is 2.98. The number of hydrogen-bond acceptors (Lipinski definition) is 2. The number of aryl methyl sites for hydroxylation is 1. The largest absolute Gasteiger partial charge is 0.573 e. The van der Waals surface area contributed by atoms with Gasteiger partial charge in [-0.3, -0.25) is 4.79 Å². The van der Waals surface area contributed by atoms with Gasteiger partial charge in [0, 0.05) is 0 Å². The number of halogens is 3. The van der Waals surface area contributed by atoms with E-state index in [1.165, 1.54) is 13.0 Å². The van der Waals surface area contributed by atoms with E-state index < -0.39 is 17.9 Å². The van der Waals surface area contributed by atoms with Crippen molar-refractivity contribution in [3.8, 4) is 5.75 Å². The van der Waals surface area contributed by atoms with Gasteiger partial charge in [0.05, 0.1) is 5.56 Å². The lowest BCUT2D eigenvalue weighted by molar-refractivity contribution is -0.274. The molecule has 88 valence electrons. The predicted octanol–water partition coefficient (Wildman–Crippen LogP) is 3.35. The van der Waals surface area contributed by atoms with Crippen molar-refractivity contribution in [2.45, 2.75) is 26.6 Å². The first-order chi connectivity index (χ1) is 7.35. The minimum atomic E-state index is -4.78. The van der Waals surface area contributed by atoms with Gasteiger partial charge < -0.3 is 4.74 Å². The average molecular weight is 232 g/mol. The molecule has 0 heterocycles. The zero-order chi connectivity index (χ0) is 12.3. The van der Waals surface area contributed by atoms with E-state index in [4.69, 9.17) is 0 Å². The maximum Gasteiger partial charge on any atom is 0.573 e. The van der Waals surface area contributed by atoms with Crippen LogP contribution in [0.15, 0.2) is 18.2 Å². The Kier molecular flexibility index (Phi) is 3.57. The number of benzene rings is 1. The molecule has 1 aromatic carbocycles. The topological polar surface area (TPSA) is 26.3 Å². The molecule has 0 aliphatic rings. The lowest BCUT2D eigenvalue weighted by Gasteiger charge is -2.14. The second-order valence-electron chi connectivity index (χ2n) is 3.25. The maximum absolute atomic E-state index is 12.1. The second kappa shape index (κ2) is 4.55. The molecule has 0 spiro atoms. The first-order valence-electron chi connectivity index (χ1n) is 4.73. The first kappa shape index (κ1) is 12.5. The van der Waals surface area contributed by atoms with Gasteiger partial charge in [0.2, 0.25) is 0 Å². The van der Waals surface area contributed by atoms with Crippen LogP contribution in [0, 0.1) is 0 Å². The number of Topliss-reactive ketones (excluding diaryl/α,β-unsaturated/α-hetero) is 1.